The molecular weight excluding hydrogens is 622 g/mol. The monoisotopic (exact) mass is 670 g/mol. The first-order chi connectivity index (χ1) is 21.7. The van der Waals surface area contributed by atoms with Crippen molar-refractivity contribution < 1.29 is 17.1 Å². The first-order valence-electron chi connectivity index (χ1n) is 16.6. The molecule has 6 rings (SSSR count). The zero-order chi connectivity index (χ0) is 30.7. The Morgan fingerprint density at radius 3 is 0.689 bits per heavy atom. The van der Waals surface area contributed by atoms with E-state index in [1.54, 1.807) is 11.3 Å². The van der Waals surface area contributed by atoms with Gasteiger partial charge < -0.3 is 0 Å². The van der Waals surface area contributed by atoms with Gasteiger partial charge in [-0.25, -0.2) is 0 Å². The van der Waals surface area contributed by atoms with Crippen LogP contribution in [0.4, 0.5) is 0 Å². The van der Waals surface area contributed by atoms with Gasteiger partial charge in [0.2, 0.25) is 0 Å². The zero-order valence-electron chi connectivity index (χ0n) is 27.2. The fraction of sp³-hybridized carbons (Fsp3) is 0.286. The molecule has 0 bridgehead atoms. The maximum Gasteiger partial charge on any atom is 2.00 e. The van der Waals surface area contributed by atoms with Gasteiger partial charge >= 0.3 is 17.1 Å². The molecule has 0 heterocycles. The van der Waals surface area contributed by atoms with E-state index >= 15 is 0 Å². The second kappa shape index (κ2) is 20.9. The molecule has 0 aliphatic heterocycles. The van der Waals surface area contributed by atoms with E-state index in [4.69, 9.17) is 0 Å². The third-order valence-corrected chi connectivity index (χ3v) is 16.2. The van der Waals surface area contributed by atoms with E-state index in [1.165, 1.54) is 49.4 Å². The molecule has 0 aromatic carbocycles. The van der Waals surface area contributed by atoms with E-state index < -0.39 is 0 Å². The number of hydrogen-bond donors (Lipinski definition) is 0. The van der Waals surface area contributed by atoms with Crippen molar-refractivity contribution in [2.45, 2.75) is 76.0 Å². The van der Waals surface area contributed by atoms with Gasteiger partial charge in [0.25, 0.3) is 0 Å². The summed E-state index contributed by atoms with van der Waals surface area (Å²) in [5.41, 5.74) is 5.69. The molecule has 0 spiro atoms. The van der Waals surface area contributed by atoms with Crippen molar-refractivity contribution in [2.24, 2.45) is 0 Å². The van der Waals surface area contributed by atoms with Gasteiger partial charge in [-0.3, -0.25) is 0 Å². The summed E-state index contributed by atoms with van der Waals surface area (Å²) in [6.07, 6.45) is 58.9. The average molecular weight is 671 g/mol. The molecule has 232 valence electrons. The second-order valence-electron chi connectivity index (χ2n) is 11.7. The summed E-state index contributed by atoms with van der Waals surface area (Å²) in [6.45, 7) is 9.36. The Hall–Kier alpha value is 1.38. The van der Waals surface area contributed by atoms with Gasteiger partial charge in [-0.05, 0) is 226 Å². The molecule has 45 heavy (non-hydrogen) atoms. The summed E-state index contributed by atoms with van der Waals surface area (Å²) in [7, 11) is -0.494. The normalized spacial score (nSPS) is 27.3. The number of rotatable bonds is 14. The van der Waals surface area contributed by atoms with Gasteiger partial charge in [0.05, 0.1) is 0 Å². The first-order valence-corrected chi connectivity index (χ1v) is 19.5. The van der Waals surface area contributed by atoms with Gasteiger partial charge in [-0.1, -0.05) is 43.5 Å². The summed E-state index contributed by atoms with van der Waals surface area (Å²) in [6, 6.07) is 0. The van der Waals surface area contributed by atoms with Crippen molar-refractivity contribution in [1.82, 2.24) is 0 Å². The van der Waals surface area contributed by atoms with Crippen LogP contribution >= 0.6 is 15.8 Å². The molecule has 6 aliphatic rings. The van der Waals surface area contributed by atoms with Crippen molar-refractivity contribution in [3.05, 3.63) is 189 Å². The topological polar surface area (TPSA) is 0 Å². The van der Waals surface area contributed by atoms with Gasteiger partial charge in [0, 0.05) is 11.3 Å². The minimum absolute atomic E-state index is 0. The minimum atomic E-state index is -0.247. The van der Waals surface area contributed by atoms with Crippen LogP contribution in [0.3, 0.4) is 0 Å². The molecule has 0 N–H and O–H groups in total. The maximum atomic E-state index is 2.34. The standard InChI is InChI=1S/2C21H24P.Fe/c2*1-3-20(17-11-5-6-12-17)22(19-15-9-10-16-19)21(4-2)18-13-7-8-14-18;/h2*5-16,20-21H,3-4H2,1-2H3;/q;;+2/t2*20-,21-;/m00./s1. The SMILES string of the molecule is CC[C@@H]([C]1[CH][CH][CH][CH]1)P([C]1[CH][CH][CH][CH]1)[C@@H](CC)[C]1[CH][CH][CH][CH]1.CC[C@@H]([C]1[CH][CH][CH][CH]1)P([C]1[CH][CH][CH][CH]1)[C@@H](CC)[C]1[CH][CH][CH][CH]1.[Fe+2]. The average Bonchev–Trinajstić information content (AvgIpc) is 3.88. The first kappa shape index (κ1) is 39.2. The van der Waals surface area contributed by atoms with Gasteiger partial charge in [0.15, 0.2) is 0 Å². The van der Waals surface area contributed by atoms with Crippen LogP contribution in [-0.4, -0.2) is 22.6 Å². The molecule has 0 nitrogen and oxygen atoms in total. The smallest absolute Gasteiger partial charge is 0.0912 e. The molecule has 6 saturated carbocycles. The van der Waals surface area contributed by atoms with Gasteiger partial charge in [-0.15, -0.1) is 0 Å². The molecule has 4 atom stereocenters. The predicted octanol–water partition coefficient (Wildman–Crippen LogP) is 10.4. The van der Waals surface area contributed by atoms with Crippen LogP contribution in [0.15, 0.2) is 0 Å². The molecule has 0 unspecified atom stereocenters. The van der Waals surface area contributed by atoms with Crippen molar-refractivity contribution in [1.29, 1.82) is 0 Å². The van der Waals surface area contributed by atoms with E-state index in [2.05, 4.69) is 182 Å². The van der Waals surface area contributed by atoms with Crippen LogP contribution in [0.2, 0.25) is 0 Å². The minimum Gasteiger partial charge on any atom is -0.0912 e. The zero-order valence-corrected chi connectivity index (χ0v) is 30.1. The predicted molar refractivity (Wildman–Crippen MR) is 193 cm³/mol. The quantitative estimate of drug-likeness (QED) is 0.128. The van der Waals surface area contributed by atoms with E-state index in [1.807, 2.05) is 0 Å². The Balaban J connectivity index is 0.000000200. The fourth-order valence-electron chi connectivity index (χ4n) is 7.04. The maximum absolute atomic E-state index is 2.34. The molecule has 6 fully saturated rings. The van der Waals surface area contributed by atoms with E-state index in [0.717, 1.165) is 0 Å². The molecule has 0 saturated heterocycles. The Morgan fingerprint density at radius 1 is 0.333 bits per heavy atom. The molecular formula is C42H48FeP2+2. The van der Waals surface area contributed by atoms with Crippen LogP contribution in [0, 0.1) is 189 Å². The Bertz CT molecular complexity index is 639. The Morgan fingerprint density at radius 2 is 0.511 bits per heavy atom. The Kier molecular flexibility index (Phi) is 18.2. The Labute approximate surface area is 296 Å². The van der Waals surface area contributed by atoms with Crippen molar-refractivity contribution >= 4 is 15.8 Å². The van der Waals surface area contributed by atoms with Crippen LogP contribution in [0.1, 0.15) is 53.4 Å². The van der Waals surface area contributed by atoms with Crippen LogP contribution < -0.4 is 0 Å². The molecule has 0 aromatic heterocycles. The molecule has 0 aromatic rings. The third-order valence-electron chi connectivity index (χ3n) is 9.07. The largest absolute Gasteiger partial charge is 2.00 e. The van der Waals surface area contributed by atoms with Gasteiger partial charge in [-0.2, -0.15) is 0 Å². The van der Waals surface area contributed by atoms with Crippen LogP contribution in [0.25, 0.3) is 0 Å². The summed E-state index contributed by atoms with van der Waals surface area (Å²) >= 11 is 0. The number of hydrogen-bond acceptors (Lipinski definition) is 0. The van der Waals surface area contributed by atoms with E-state index in [9.17, 15) is 0 Å². The summed E-state index contributed by atoms with van der Waals surface area (Å²) in [5, 5.41) is 0. The van der Waals surface area contributed by atoms with Crippen LogP contribution in [0.5, 0.6) is 0 Å². The summed E-state index contributed by atoms with van der Waals surface area (Å²) in [4.78, 5) is 0. The fourth-order valence-corrected chi connectivity index (χ4v) is 13.9. The van der Waals surface area contributed by atoms with Crippen molar-refractivity contribution in [3.8, 4) is 0 Å². The molecule has 30 radical (unpaired) electrons. The van der Waals surface area contributed by atoms with Crippen LogP contribution in [-0.2, 0) is 17.1 Å². The van der Waals surface area contributed by atoms with Gasteiger partial charge in [0.1, 0.15) is 0 Å². The molecule has 3 heteroatoms. The summed E-state index contributed by atoms with van der Waals surface area (Å²) in [5.74, 6) is 6.05. The molecule has 6 aliphatic carbocycles. The molecule has 0 amide bonds. The van der Waals surface area contributed by atoms with E-state index in [-0.39, 0.29) is 32.9 Å². The summed E-state index contributed by atoms with van der Waals surface area (Å²) < 4.78 is 0. The van der Waals surface area contributed by atoms with Crippen molar-refractivity contribution in [2.75, 3.05) is 0 Å². The van der Waals surface area contributed by atoms with E-state index in [0.29, 0.717) is 22.6 Å². The second-order valence-corrected chi connectivity index (χ2v) is 16.8. The van der Waals surface area contributed by atoms with Crippen molar-refractivity contribution in [3.63, 3.8) is 0 Å². The third kappa shape index (κ3) is 10.2.